The molecular formula is C24H37ClFN7O. The van der Waals surface area contributed by atoms with Gasteiger partial charge in [-0.1, -0.05) is 26.2 Å². The third kappa shape index (κ3) is 7.06. The molecule has 1 aromatic heterocycles. The Morgan fingerprint density at radius 2 is 1.68 bits per heavy atom. The van der Waals surface area contributed by atoms with Crippen LogP contribution in [0.25, 0.3) is 0 Å². The Bertz CT molecular complexity index is 913. The van der Waals surface area contributed by atoms with Gasteiger partial charge in [-0.15, -0.1) is 12.4 Å². The van der Waals surface area contributed by atoms with Crippen molar-refractivity contribution in [3.05, 3.63) is 24.0 Å². The van der Waals surface area contributed by atoms with E-state index in [-0.39, 0.29) is 18.2 Å². The van der Waals surface area contributed by atoms with Crippen molar-refractivity contribution < 1.29 is 9.13 Å². The number of hydrogen-bond acceptors (Lipinski definition) is 8. The van der Waals surface area contributed by atoms with Gasteiger partial charge in [0, 0.05) is 30.9 Å². The Balaban J connectivity index is 0.00000324. The summed E-state index contributed by atoms with van der Waals surface area (Å²) in [4.78, 5) is 16.2. The van der Waals surface area contributed by atoms with E-state index in [1.807, 2.05) is 0 Å². The lowest BCUT2D eigenvalue weighted by molar-refractivity contribution is 0.277. The number of likely N-dealkylation sites (N-methyl/N-ethyl adjacent to an activating group) is 1. The number of nitrogens with zero attached hydrogens (tertiary/aromatic N) is 4. The number of halogens is 2. The van der Waals surface area contributed by atoms with Gasteiger partial charge in [0.1, 0.15) is 0 Å². The van der Waals surface area contributed by atoms with Crippen molar-refractivity contribution in [2.45, 2.75) is 57.9 Å². The van der Waals surface area contributed by atoms with Gasteiger partial charge >= 0.3 is 0 Å². The molecule has 34 heavy (non-hydrogen) atoms. The highest BCUT2D eigenvalue weighted by Crippen LogP contribution is 2.25. The molecule has 2 heterocycles. The minimum absolute atomic E-state index is 0. The van der Waals surface area contributed by atoms with Crippen LogP contribution in [0.1, 0.15) is 51.9 Å². The third-order valence-corrected chi connectivity index (χ3v) is 6.72. The quantitative estimate of drug-likeness (QED) is 0.422. The van der Waals surface area contributed by atoms with Gasteiger partial charge in [-0.25, -0.2) is 4.39 Å². The molecule has 0 radical (unpaired) electrons. The molecule has 10 heteroatoms. The lowest BCUT2D eigenvalue weighted by atomic mass is 9.89. The van der Waals surface area contributed by atoms with Crippen molar-refractivity contribution in [1.29, 1.82) is 0 Å². The summed E-state index contributed by atoms with van der Waals surface area (Å²) in [5.74, 6) is 1.85. The molecule has 1 unspecified atom stereocenters. The van der Waals surface area contributed by atoms with E-state index >= 15 is 0 Å². The molecule has 2 aliphatic rings. The van der Waals surface area contributed by atoms with Crippen molar-refractivity contribution in [2.24, 2.45) is 5.92 Å². The predicted octanol–water partition coefficient (Wildman–Crippen LogP) is 5.07. The van der Waals surface area contributed by atoms with Gasteiger partial charge in [-0.05, 0) is 56.8 Å². The molecule has 1 atom stereocenters. The van der Waals surface area contributed by atoms with Crippen molar-refractivity contribution in [3.8, 4) is 5.75 Å². The van der Waals surface area contributed by atoms with E-state index < -0.39 is 5.82 Å². The minimum Gasteiger partial charge on any atom is -0.494 e. The normalized spacial score (nSPS) is 18.9. The molecule has 1 saturated heterocycles. The number of hydrogen-bond donors (Lipinski definition) is 3. The van der Waals surface area contributed by atoms with Crippen molar-refractivity contribution in [3.63, 3.8) is 0 Å². The lowest BCUT2D eigenvalue weighted by Crippen LogP contribution is -2.35. The molecule has 1 aliphatic carbocycles. The van der Waals surface area contributed by atoms with Gasteiger partial charge in [-0.3, -0.25) is 4.90 Å². The number of benzene rings is 1. The minimum atomic E-state index is -0.438. The van der Waals surface area contributed by atoms with E-state index in [4.69, 9.17) is 4.74 Å². The Morgan fingerprint density at radius 1 is 0.971 bits per heavy atom. The number of methoxy groups -OCH3 is 1. The molecular weight excluding hydrogens is 457 g/mol. The summed E-state index contributed by atoms with van der Waals surface area (Å²) in [6, 6.07) is 5.19. The third-order valence-electron chi connectivity index (χ3n) is 6.72. The number of likely N-dealkylation sites (tertiary alicyclic amines) is 1. The fourth-order valence-corrected chi connectivity index (χ4v) is 4.84. The maximum Gasteiger partial charge on any atom is 0.233 e. The average Bonchev–Trinajstić information content (AvgIpc) is 3.30. The summed E-state index contributed by atoms with van der Waals surface area (Å²) < 4.78 is 19.2. The number of rotatable bonds is 10. The van der Waals surface area contributed by atoms with E-state index in [1.54, 1.807) is 12.1 Å². The van der Waals surface area contributed by atoms with Gasteiger partial charge in [0.2, 0.25) is 17.8 Å². The van der Waals surface area contributed by atoms with Gasteiger partial charge in [0.15, 0.2) is 11.6 Å². The van der Waals surface area contributed by atoms with Crippen molar-refractivity contribution >= 4 is 35.9 Å². The topological polar surface area (TPSA) is 87.2 Å². The molecule has 1 aromatic carbocycles. The Morgan fingerprint density at radius 3 is 2.35 bits per heavy atom. The molecule has 8 nitrogen and oxygen atoms in total. The predicted molar refractivity (Wildman–Crippen MR) is 137 cm³/mol. The second kappa shape index (κ2) is 12.9. The molecule has 3 N–H and O–H groups in total. The van der Waals surface area contributed by atoms with E-state index in [2.05, 4.69) is 42.7 Å². The molecule has 0 amide bonds. The molecule has 188 valence electrons. The van der Waals surface area contributed by atoms with Crippen molar-refractivity contribution in [2.75, 3.05) is 49.2 Å². The summed E-state index contributed by atoms with van der Waals surface area (Å²) in [6.07, 6.45) is 8.81. The number of aromatic nitrogens is 3. The molecule has 1 saturated carbocycles. The second-order valence-electron chi connectivity index (χ2n) is 8.97. The Kier molecular flexibility index (Phi) is 9.95. The number of nitrogens with one attached hydrogen (secondary N) is 3. The summed E-state index contributed by atoms with van der Waals surface area (Å²) >= 11 is 0. The van der Waals surface area contributed by atoms with Crippen LogP contribution >= 0.6 is 12.4 Å². The summed E-state index contributed by atoms with van der Waals surface area (Å²) in [5, 5.41) is 9.93. The zero-order valence-electron chi connectivity index (χ0n) is 20.1. The van der Waals surface area contributed by atoms with Crippen LogP contribution in [0.5, 0.6) is 5.75 Å². The lowest BCUT2D eigenvalue weighted by Gasteiger charge is -2.23. The molecule has 0 spiro atoms. The first kappa shape index (κ1) is 26.2. The molecule has 1 aliphatic heterocycles. The smallest absolute Gasteiger partial charge is 0.233 e. The summed E-state index contributed by atoms with van der Waals surface area (Å²) in [6.45, 7) is 6.03. The maximum atomic E-state index is 14.2. The molecule has 2 aromatic rings. The van der Waals surface area contributed by atoms with Crippen LogP contribution in [-0.2, 0) is 0 Å². The van der Waals surface area contributed by atoms with Gasteiger partial charge in [0.25, 0.3) is 0 Å². The molecule has 2 fully saturated rings. The van der Waals surface area contributed by atoms with Crippen LogP contribution in [0.3, 0.4) is 0 Å². The first-order valence-corrected chi connectivity index (χ1v) is 12.2. The van der Waals surface area contributed by atoms with Crippen LogP contribution < -0.4 is 20.7 Å². The fourth-order valence-electron chi connectivity index (χ4n) is 4.84. The van der Waals surface area contributed by atoms with Gasteiger partial charge in [-0.2, -0.15) is 15.0 Å². The van der Waals surface area contributed by atoms with Gasteiger partial charge in [0.05, 0.1) is 7.11 Å². The number of ether oxygens (including phenoxy) is 1. The highest BCUT2D eigenvalue weighted by Gasteiger charge is 2.23. The number of anilines is 4. The van der Waals surface area contributed by atoms with E-state index in [9.17, 15) is 4.39 Å². The van der Waals surface area contributed by atoms with E-state index in [0.29, 0.717) is 35.5 Å². The largest absolute Gasteiger partial charge is 0.494 e. The van der Waals surface area contributed by atoms with Crippen molar-refractivity contribution in [1.82, 2.24) is 19.9 Å². The fraction of sp³-hybridized carbons (Fsp3) is 0.625. The monoisotopic (exact) mass is 493 g/mol. The maximum absolute atomic E-state index is 14.2. The van der Waals surface area contributed by atoms with E-state index in [0.717, 1.165) is 26.2 Å². The first-order chi connectivity index (χ1) is 16.1. The highest BCUT2D eigenvalue weighted by molar-refractivity contribution is 5.85. The summed E-state index contributed by atoms with van der Waals surface area (Å²) in [5.41, 5.74) is 0.552. The Labute approximate surface area is 207 Å². The molecule has 0 bridgehead atoms. The van der Waals surface area contributed by atoms with Crippen LogP contribution in [0.4, 0.5) is 27.9 Å². The molecule has 4 rings (SSSR count). The van der Waals surface area contributed by atoms with E-state index in [1.165, 1.54) is 58.1 Å². The zero-order valence-corrected chi connectivity index (χ0v) is 21.0. The zero-order chi connectivity index (χ0) is 23.0. The highest BCUT2D eigenvalue weighted by atomic mass is 35.5. The standard InChI is InChI=1S/C24H36FN7O.ClH/c1-3-32-13-7-10-19(32)16-27-23-29-22(26-15-17-8-5-4-6-9-17)30-24(31-23)28-18-11-12-21(33-2)20(25)14-18;/h11-12,14,17,19H,3-10,13,15-16H2,1-2H3,(H3,26,27,28,29,30,31);1H. The first-order valence-electron chi connectivity index (χ1n) is 12.2. The van der Waals surface area contributed by atoms with Crippen LogP contribution in [-0.4, -0.2) is 59.2 Å². The van der Waals surface area contributed by atoms with Crippen LogP contribution in [0.2, 0.25) is 0 Å². The van der Waals surface area contributed by atoms with Crippen LogP contribution in [0, 0.1) is 11.7 Å². The SMILES string of the molecule is CCN1CCCC1CNc1nc(NCC2CCCCC2)nc(Nc2ccc(OC)c(F)c2)n1.Cl. The van der Waals surface area contributed by atoms with Crippen LogP contribution in [0.15, 0.2) is 18.2 Å². The Hall–Kier alpha value is -2.39. The summed E-state index contributed by atoms with van der Waals surface area (Å²) in [7, 11) is 1.45. The van der Waals surface area contributed by atoms with Gasteiger partial charge < -0.3 is 20.7 Å². The average molecular weight is 494 g/mol. The second-order valence-corrected chi connectivity index (χ2v) is 8.97.